The first-order chi connectivity index (χ1) is 11.1. The molecular weight excluding hydrogens is 294 g/mol. The Balaban J connectivity index is 1.91. The Morgan fingerprint density at radius 2 is 1.87 bits per heavy atom. The molecule has 0 aliphatic heterocycles. The molecule has 0 aliphatic rings. The van der Waals surface area contributed by atoms with Crippen LogP contribution in [-0.4, -0.2) is 18.5 Å². The molecule has 1 atom stereocenters. The van der Waals surface area contributed by atoms with Crippen LogP contribution in [0.3, 0.4) is 0 Å². The Bertz CT molecular complexity index is 620. The van der Waals surface area contributed by atoms with Crippen LogP contribution in [-0.2, 0) is 9.53 Å². The number of esters is 1. The van der Waals surface area contributed by atoms with Crippen molar-refractivity contribution >= 4 is 11.9 Å². The van der Waals surface area contributed by atoms with Gasteiger partial charge in [-0.25, -0.2) is 4.79 Å². The van der Waals surface area contributed by atoms with Crippen LogP contribution >= 0.6 is 0 Å². The third kappa shape index (κ3) is 5.29. The summed E-state index contributed by atoms with van der Waals surface area (Å²) in [6.45, 7) is 3.86. The highest BCUT2D eigenvalue weighted by Gasteiger charge is 2.18. The molecule has 1 aromatic heterocycles. The van der Waals surface area contributed by atoms with Crippen LogP contribution < -0.4 is 5.32 Å². The number of benzene rings is 1. The van der Waals surface area contributed by atoms with Crippen molar-refractivity contribution < 1.29 is 18.7 Å². The average Bonchev–Trinajstić information content (AvgIpc) is 3.07. The molecule has 0 fully saturated rings. The minimum Gasteiger partial charge on any atom is -0.457 e. The fraction of sp³-hybridized carbons (Fsp3) is 0.333. The number of hydrogen-bond donors (Lipinski definition) is 1. The highest BCUT2D eigenvalue weighted by Crippen LogP contribution is 2.20. The van der Waals surface area contributed by atoms with Gasteiger partial charge in [0.15, 0.2) is 6.61 Å². The molecule has 122 valence electrons. The van der Waals surface area contributed by atoms with Gasteiger partial charge >= 0.3 is 5.97 Å². The summed E-state index contributed by atoms with van der Waals surface area (Å²) in [5.74, 6) is -0.476. The van der Waals surface area contributed by atoms with Gasteiger partial charge in [-0.05, 0) is 30.0 Å². The van der Waals surface area contributed by atoms with Crippen molar-refractivity contribution in [1.82, 2.24) is 5.32 Å². The summed E-state index contributed by atoms with van der Waals surface area (Å²) in [6.07, 6.45) is 2.19. The summed E-state index contributed by atoms with van der Waals surface area (Å²) >= 11 is 0. The Labute approximate surface area is 135 Å². The van der Waals surface area contributed by atoms with Crippen LogP contribution in [0.1, 0.15) is 42.4 Å². The van der Waals surface area contributed by atoms with E-state index in [2.05, 4.69) is 19.2 Å². The van der Waals surface area contributed by atoms with Gasteiger partial charge in [0.1, 0.15) is 0 Å². The van der Waals surface area contributed by atoms with Gasteiger partial charge in [-0.15, -0.1) is 0 Å². The lowest BCUT2D eigenvalue weighted by atomic mass is 9.97. The summed E-state index contributed by atoms with van der Waals surface area (Å²) < 4.78 is 9.87. The molecular formula is C18H21NO4. The molecule has 0 unspecified atom stereocenters. The minimum absolute atomic E-state index is 0.0830. The van der Waals surface area contributed by atoms with Gasteiger partial charge in [-0.2, -0.15) is 0 Å². The second-order valence-electron chi connectivity index (χ2n) is 5.71. The largest absolute Gasteiger partial charge is 0.457 e. The van der Waals surface area contributed by atoms with Crippen LogP contribution in [0.4, 0.5) is 0 Å². The van der Waals surface area contributed by atoms with Crippen molar-refractivity contribution in [2.45, 2.75) is 26.3 Å². The van der Waals surface area contributed by atoms with E-state index in [-0.39, 0.29) is 24.3 Å². The molecule has 1 heterocycles. The molecule has 5 heteroatoms. The summed E-state index contributed by atoms with van der Waals surface area (Å²) in [4.78, 5) is 23.7. The number of carbonyl (C=O) groups excluding carboxylic acids is 2. The maximum atomic E-state index is 12.1. The van der Waals surface area contributed by atoms with Crippen LogP contribution in [0.15, 0.2) is 53.1 Å². The van der Waals surface area contributed by atoms with Gasteiger partial charge in [-0.3, -0.25) is 4.79 Å². The molecule has 0 saturated heterocycles. The van der Waals surface area contributed by atoms with E-state index in [0.717, 1.165) is 12.0 Å². The predicted octanol–water partition coefficient (Wildman–Crippen LogP) is 3.34. The summed E-state index contributed by atoms with van der Waals surface area (Å²) in [7, 11) is 0. The standard InChI is InChI=1S/C18H21NO4/c1-13(2)11-15(14-7-4-3-5-8-14)19-17(20)12-23-18(21)16-9-6-10-22-16/h3-10,13,15H,11-12H2,1-2H3,(H,19,20)/t15-/m1/s1. The molecule has 1 amide bonds. The number of furan rings is 1. The molecule has 1 aromatic carbocycles. The minimum atomic E-state index is -0.648. The van der Waals surface area contributed by atoms with Gasteiger partial charge in [0.25, 0.3) is 5.91 Å². The third-order valence-corrected chi connectivity index (χ3v) is 3.30. The molecule has 0 aliphatic carbocycles. The zero-order chi connectivity index (χ0) is 16.7. The van der Waals surface area contributed by atoms with E-state index in [1.807, 2.05) is 30.3 Å². The lowest BCUT2D eigenvalue weighted by Gasteiger charge is -2.21. The maximum Gasteiger partial charge on any atom is 0.374 e. The zero-order valence-corrected chi connectivity index (χ0v) is 13.3. The lowest BCUT2D eigenvalue weighted by molar-refractivity contribution is -0.125. The van der Waals surface area contributed by atoms with E-state index < -0.39 is 5.97 Å². The van der Waals surface area contributed by atoms with Crippen molar-refractivity contribution in [2.75, 3.05) is 6.61 Å². The first-order valence-corrected chi connectivity index (χ1v) is 7.61. The molecule has 2 rings (SSSR count). The summed E-state index contributed by atoms with van der Waals surface area (Å²) in [6, 6.07) is 12.7. The van der Waals surface area contributed by atoms with Crippen molar-refractivity contribution in [3.63, 3.8) is 0 Å². The number of rotatable bonds is 7. The third-order valence-electron chi connectivity index (χ3n) is 3.30. The topological polar surface area (TPSA) is 68.5 Å². The van der Waals surface area contributed by atoms with Gasteiger partial charge < -0.3 is 14.5 Å². The molecule has 5 nitrogen and oxygen atoms in total. The molecule has 2 aromatic rings. The highest BCUT2D eigenvalue weighted by atomic mass is 16.5. The Kier molecular flexibility index (Phi) is 5.97. The SMILES string of the molecule is CC(C)C[C@@H](NC(=O)COC(=O)c1ccco1)c1ccccc1. The smallest absolute Gasteiger partial charge is 0.374 e. The first kappa shape index (κ1) is 16.8. The zero-order valence-electron chi connectivity index (χ0n) is 13.3. The maximum absolute atomic E-state index is 12.1. The van der Waals surface area contributed by atoms with E-state index in [1.165, 1.54) is 12.3 Å². The molecule has 1 N–H and O–H groups in total. The van der Waals surface area contributed by atoms with Crippen molar-refractivity contribution in [2.24, 2.45) is 5.92 Å². The van der Waals surface area contributed by atoms with Crippen LogP contribution in [0, 0.1) is 5.92 Å². The number of nitrogens with one attached hydrogen (secondary N) is 1. The van der Waals surface area contributed by atoms with Crippen LogP contribution in [0.5, 0.6) is 0 Å². The molecule has 0 spiro atoms. The Morgan fingerprint density at radius 3 is 2.48 bits per heavy atom. The normalized spacial score (nSPS) is 12.0. The van der Waals surface area contributed by atoms with E-state index >= 15 is 0 Å². The Morgan fingerprint density at radius 1 is 1.13 bits per heavy atom. The monoisotopic (exact) mass is 315 g/mol. The van der Waals surface area contributed by atoms with E-state index in [0.29, 0.717) is 5.92 Å². The van der Waals surface area contributed by atoms with Crippen molar-refractivity contribution in [3.05, 3.63) is 60.1 Å². The van der Waals surface area contributed by atoms with Crippen LogP contribution in [0.2, 0.25) is 0 Å². The van der Waals surface area contributed by atoms with E-state index in [1.54, 1.807) is 6.07 Å². The molecule has 0 radical (unpaired) electrons. The quantitative estimate of drug-likeness (QED) is 0.796. The lowest BCUT2D eigenvalue weighted by Crippen LogP contribution is -2.33. The van der Waals surface area contributed by atoms with Crippen molar-refractivity contribution in [1.29, 1.82) is 0 Å². The van der Waals surface area contributed by atoms with E-state index in [4.69, 9.17) is 9.15 Å². The average molecular weight is 315 g/mol. The molecule has 0 bridgehead atoms. The van der Waals surface area contributed by atoms with Gasteiger partial charge in [0, 0.05) is 0 Å². The fourth-order valence-corrected chi connectivity index (χ4v) is 2.27. The number of carbonyl (C=O) groups is 2. The molecule has 23 heavy (non-hydrogen) atoms. The van der Waals surface area contributed by atoms with Gasteiger partial charge in [-0.1, -0.05) is 44.2 Å². The van der Waals surface area contributed by atoms with Gasteiger partial charge in [0.2, 0.25) is 5.76 Å². The first-order valence-electron chi connectivity index (χ1n) is 7.61. The molecule has 0 saturated carbocycles. The highest BCUT2D eigenvalue weighted by molar-refractivity contribution is 5.88. The number of ether oxygens (including phenoxy) is 1. The van der Waals surface area contributed by atoms with E-state index in [9.17, 15) is 9.59 Å². The predicted molar refractivity (Wildman–Crippen MR) is 85.8 cm³/mol. The number of amides is 1. The van der Waals surface area contributed by atoms with Gasteiger partial charge in [0.05, 0.1) is 12.3 Å². The van der Waals surface area contributed by atoms with Crippen LogP contribution in [0.25, 0.3) is 0 Å². The summed E-state index contributed by atoms with van der Waals surface area (Å²) in [5.41, 5.74) is 1.03. The second kappa shape index (κ2) is 8.17. The number of hydrogen-bond acceptors (Lipinski definition) is 4. The Hall–Kier alpha value is -2.56. The fourth-order valence-electron chi connectivity index (χ4n) is 2.27. The second-order valence-corrected chi connectivity index (χ2v) is 5.71. The summed E-state index contributed by atoms with van der Waals surface area (Å²) in [5, 5.41) is 2.92. The van der Waals surface area contributed by atoms with Crippen molar-refractivity contribution in [3.8, 4) is 0 Å².